The smallest absolute Gasteiger partial charge is 0.337 e. The van der Waals surface area contributed by atoms with E-state index in [1.165, 1.54) is 0 Å². The normalized spacial score (nSPS) is 28.4. The Morgan fingerprint density at radius 1 is 1.37 bits per heavy atom. The third-order valence-electron chi connectivity index (χ3n) is 4.50. The Kier molecular flexibility index (Phi) is 2.32. The first-order chi connectivity index (χ1) is 8.71. The third kappa shape index (κ3) is 1.82. The molecule has 3 rings (SSSR count). The number of imidazole rings is 1. The van der Waals surface area contributed by atoms with E-state index in [0.717, 1.165) is 6.20 Å². The molecule has 4 nitrogen and oxygen atoms in total. The highest BCUT2D eigenvalue weighted by Gasteiger charge is 2.62. The minimum Gasteiger partial charge on any atom is -0.337 e. The van der Waals surface area contributed by atoms with Crippen LogP contribution in [0.2, 0.25) is 0 Å². The molecular weight excluding hydrogens is 259 g/mol. The highest BCUT2D eigenvalue weighted by molar-refractivity contribution is 5.92. The van der Waals surface area contributed by atoms with E-state index in [2.05, 4.69) is 18.8 Å². The van der Waals surface area contributed by atoms with E-state index in [0.29, 0.717) is 31.3 Å². The molecule has 0 unspecified atom stereocenters. The van der Waals surface area contributed by atoms with Gasteiger partial charge < -0.3 is 4.90 Å². The van der Waals surface area contributed by atoms with Crippen molar-refractivity contribution in [2.45, 2.75) is 20.1 Å². The van der Waals surface area contributed by atoms with Crippen LogP contribution >= 0.6 is 0 Å². The number of fused-ring (bicyclic) bond motifs is 1. The summed E-state index contributed by atoms with van der Waals surface area (Å²) in [6.07, 6.45) is -3.15. The van der Waals surface area contributed by atoms with Crippen molar-refractivity contribution in [3.05, 3.63) is 18.2 Å². The lowest BCUT2D eigenvalue weighted by molar-refractivity contribution is -0.204. The minimum absolute atomic E-state index is 0.000967. The summed E-state index contributed by atoms with van der Waals surface area (Å²) in [4.78, 5) is 17.2. The fourth-order valence-corrected chi connectivity index (χ4v) is 3.03. The van der Waals surface area contributed by atoms with Gasteiger partial charge in [0.1, 0.15) is 12.0 Å². The van der Waals surface area contributed by atoms with Gasteiger partial charge in [0, 0.05) is 19.3 Å². The van der Waals surface area contributed by atoms with Gasteiger partial charge in [-0.05, 0) is 17.3 Å². The number of carbonyl (C=O) groups is 1. The number of hydrogen-bond acceptors (Lipinski definition) is 2. The first-order valence-electron chi connectivity index (χ1n) is 6.11. The molecule has 1 aliphatic heterocycles. The Hall–Kier alpha value is -1.53. The number of carbonyl (C=O) groups excluding carboxylic acids is 1. The van der Waals surface area contributed by atoms with E-state index in [9.17, 15) is 18.0 Å². The Morgan fingerprint density at radius 3 is 2.42 bits per heavy atom. The number of halogens is 3. The lowest BCUT2D eigenvalue weighted by atomic mass is 10.1. The maximum atomic E-state index is 12.4. The van der Waals surface area contributed by atoms with Gasteiger partial charge in [0.2, 0.25) is 0 Å². The Labute approximate surface area is 108 Å². The average molecular weight is 273 g/mol. The fraction of sp³-hybridized carbons (Fsp3) is 0.667. The number of nitrogens with zero attached hydrogens (tertiary/aromatic N) is 3. The molecule has 1 saturated heterocycles. The zero-order valence-corrected chi connectivity index (χ0v) is 10.6. The van der Waals surface area contributed by atoms with E-state index >= 15 is 0 Å². The summed E-state index contributed by atoms with van der Waals surface area (Å²) >= 11 is 0. The van der Waals surface area contributed by atoms with Crippen molar-refractivity contribution in [1.82, 2.24) is 14.5 Å². The molecule has 0 radical (unpaired) electrons. The van der Waals surface area contributed by atoms with E-state index in [4.69, 9.17) is 0 Å². The van der Waals surface area contributed by atoms with Crippen molar-refractivity contribution < 1.29 is 18.0 Å². The topological polar surface area (TPSA) is 38.1 Å². The molecule has 2 fully saturated rings. The van der Waals surface area contributed by atoms with Gasteiger partial charge in [-0.25, -0.2) is 9.55 Å². The monoisotopic (exact) mass is 273 g/mol. The van der Waals surface area contributed by atoms with Crippen molar-refractivity contribution in [3.8, 4) is 0 Å². The zero-order valence-electron chi connectivity index (χ0n) is 10.6. The molecule has 7 heteroatoms. The second-order valence-corrected chi connectivity index (χ2v) is 5.88. The van der Waals surface area contributed by atoms with Crippen molar-refractivity contribution in [1.29, 1.82) is 0 Å². The van der Waals surface area contributed by atoms with E-state index in [-0.39, 0.29) is 15.7 Å². The van der Waals surface area contributed by atoms with Gasteiger partial charge >= 0.3 is 6.30 Å². The molecule has 19 heavy (non-hydrogen) atoms. The molecule has 1 aliphatic carbocycles. The van der Waals surface area contributed by atoms with Gasteiger partial charge in [-0.1, -0.05) is 13.8 Å². The van der Waals surface area contributed by atoms with Crippen LogP contribution < -0.4 is 0 Å². The highest BCUT2D eigenvalue weighted by atomic mass is 19.4. The van der Waals surface area contributed by atoms with Crippen LogP contribution in [-0.4, -0.2) is 33.4 Å². The first-order valence-corrected chi connectivity index (χ1v) is 6.11. The Bertz CT molecular complexity index is 521. The van der Waals surface area contributed by atoms with Crippen molar-refractivity contribution in [3.63, 3.8) is 0 Å². The summed E-state index contributed by atoms with van der Waals surface area (Å²) in [6.45, 7) is 5.55. The van der Waals surface area contributed by atoms with Gasteiger partial charge in [0.05, 0.1) is 0 Å². The summed E-state index contributed by atoms with van der Waals surface area (Å²) in [5, 5.41) is 0. The lowest BCUT2D eigenvalue weighted by Gasteiger charge is -2.21. The van der Waals surface area contributed by atoms with Crippen LogP contribution in [0.3, 0.4) is 0 Å². The second-order valence-electron chi connectivity index (χ2n) is 5.88. The quantitative estimate of drug-likeness (QED) is 0.785. The number of hydrogen-bond donors (Lipinski definition) is 0. The van der Waals surface area contributed by atoms with Crippen LogP contribution in [0.25, 0.3) is 0 Å². The van der Waals surface area contributed by atoms with Crippen LogP contribution in [0.5, 0.6) is 0 Å². The number of aromatic nitrogens is 2. The standard InChI is InChI=1S/C12H14F3N3O/c1-11(2)7-3-17(4-8(7)11)10(19)9-5-18(6-16-9)12(13,14)15/h5-8H,3-4H2,1-2H3/t7-,8+. The molecule has 0 spiro atoms. The lowest BCUT2D eigenvalue weighted by Crippen LogP contribution is -2.33. The average Bonchev–Trinajstić information content (AvgIpc) is 2.83. The van der Waals surface area contributed by atoms with Crippen molar-refractivity contribution in [2.75, 3.05) is 13.1 Å². The minimum atomic E-state index is -4.53. The SMILES string of the molecule is CC1(C)[C@@H]2CN(C(=O)c3cn(C(F)(F)F)cn3)C[C@@H]21. The van der Waals surface area contributed by atoms with E-state index < -0.39 is 12.2 Å². The molecule has 0 N–H and O–H groups in total. The second kappa shape index (κ2) is 3.52. The summed E-state index contributed by atoms with van der Waals surface area (Å²) in [6, 6.07) is 0. The van der Waals surface area contributed by atoms with Gasteiger partial charge in [-0.3, -0.25) is 4.79 Å². The van der Waals surface area contributed by atoms with Crippen LogP contribution in [-0.2, 0) is 6.30 Å². The summed E-state index contributed by atoms with van der Waals surface area (Å²) in [7, 11) is 0. The summed E-state index contributed by atoms with van der Waals surface area (Å²) in [5.41, 5.74) is 0.124. The van der Waals surface area contributed by atoms with Gasteiger partial charge in [-0.15, -0.1) is 13.2 Å². The highest BCUT2D eigenvalue weighted by Crippen LogP contribution is 2.62. The number of likely N-dealkylation sites (tertiary alicyclic amines) is 1. The van der Waals surface area contributed by atoms with Crippen molar-refractivity contribution in [2.24, 2.45) is 17.3 Å². The maximum absolute atomic E-state index is 12.4. The Morgan fingerprint density at radius 2 is 1.95 bits per heavy atom. The molecule has 0 bridgehead atoms. The molecular formula is C12H14F3N3O. The van der Waals surface area contributed by atoms with Crippen LogP contribution in [0.1, 0.15) is 24.3 Å². The van der Waals surface area contributed by atoms with Gasteiger partial charge in [-0.2, -0.15) is 0 Å². The number of amides is 1. The molecule has 1 aromatic rings. The summed E-state index contributed by atoms with van der Waals surface area (Å²) in [5.74, 6) is 0.535. The molecule has 2 aliphatic rings. The molecule has 1 amide bonds. The van der Waals surface area contributed by atoms with E-state index in [1.807, 2.05) is 0 Å². The number of rotatable bonds is 1. The van der Waals surface area contributed by atoms with E-state index in [1.54, 1.807) is 4.90 Å². The number of alkyl halides is 3. The largest absolute Gasteiger partial charge is 0.489 e. The third-order valence-corrected chi connectivity index (χ3v) is 4.50. The molecule has 2 atom stereocenters. The van der Waals surface area contributed by atoms with Gasteiger partial charge in [0.15, 0.2) is 0 Å². The van der Waals surface area contributed by atoms with Crippen LogP contribution in [0.15, 0.2) is 12.5 Å². The van der Waals surface area contributed by atoms with Gasteiger partial charge in [0.25, 0.3) is 5.91 Å². The summed E-state index contributed by atoms with van der Waals surface area (Å²) < 4.78 is 37.2. The molecule has 104 valence electrons. The van der Waals surface area contributed by atoms with Crippen LogP contribution in [0.4, 0.5) is 13.2 Å². The molecule has 1 saturated carbocycles. The first kappa shape index (κ1) is 12.5. The molecule has 0 aromatic carbocycles. The molecule has 2 heterocycles. The fourth-order valence-electron chi connectivity index (χ4n) is 3.03. The maximum Gasteiger partial charge on any atom is 0.489 e. The molecule has 1 aromatic heterocycles. The predicted molar refractivity (Wildman–Crippen MR) is 60.2 cm³/mol. The Balaban J connectivity index is 1.71. The van der Waals surface area contributed by atoms with Crippen LogP contribution in [0, 0.1) is 17.3 Å². The predicted octanol–water partition coefficient (Wildman–Crippen LogP) is 2.09. The van der Waals surface area contributed by atoms with Crippen molar-refractivity contribution >= 4 is 5.91 Å². The zero-order chi connectivity index (χ0) is 14.0. The number of piperidine rings is 1.